The number of alkyl halides is 1. The van der Waals surface area contributed by atoms with Gasteiger partial charge < -0.3 is 31.4 Å². The van der Waals surface area contributed by atoms with Gasteiger partial charge in [0, 0.05) is 6.61 Å². The number of carbonyl (C=O) groups is 1. The average Bonchev–Trinajstić information content (AvgIpc) is 2.39. The number of halogens is 1. The molecular weight excluding hydrogens is 377 g/mol. The van der Waals surface area contributed by atoms with Gasteiger partial charge in [-0.2, -0.15) is 0 Å². The van der Waals surface area contributed by atoms with Crippen molar-refractivity contribution in [3.05, 3.63) is 0 Å². The molecule has 8 heteroatoms. The predicted molar refractivity (Wildman–Crippen MR) is 85.4 cm³/mol. The molecule has 120 valence electrons. The summed E-state index contributed by atoms with van der Waals surface area (Å²) in [6, 6.07) is 0. The lowest BCUT2D eigenvalue weighted by atomic mass is 9.99. The van der Waals surface area contributed by atoms with E-state index in [1.807, 2.05) is 22.6 Å². The Kier molecular flexibility index (Phi) is 11.9. The zero-order valence-corrected chi connectivity index (χ0v) is 14.1. The molecule has 0 aliphatic carbocycles. The summed E-state index contributed by atoms with van der Waals surface area (Å²) in [6.45, 7) is 4.76. The number of hydrogen-bond acceptors (Lipinski definition) is 7. The van der Waals surface area contributed by atoms with Crippen molar-refractivity contribution in [2.45, 2.75) is 19.1 Å². The number of ketones is 1. The zero-order valence-electron chi connectivity index (χ0n) is 12.0. The van der Waals surface area contributed by atoms with E-state index < -0.39 is 11.7 Å². The highest BCUT2D eigenvalue weighted by Crippen LogP contribution is 2.08. The van der Waals surface area contributed by atoms with Crippen LogP contribution in [0, 0.1) is 5.92 Å². The van der Waals surface area contributed by atoms with Crippen molar-refractivity contribution in [1.29, 1.82) is 0 Å². The third kappa shape index (κ3) is 9.97. The van der Waals surface area contributed by atoms with Crippen molar-refractivity contribution in [1.82, 2.24) is 0 Å². The van der Waals surface area contributed by atoms with Crippen LogP contribution in [0.25, 0.3) is 0 Å². The molecular formula is C12H26IN3O4. The minimum absolute atomic E-state index is 0.0982. The summed E-state index contributed by atoms with van der Waals surface area (Å²) in [6.07, 6.45) is 0.994. The predicted octanol–water partition coefficient (Wildman–Crippen LogP) is -0.404. The van der Waals surface area contributed by atoms with E-state index in [0.29, 0.717) is 30.9 Å². The molecule has 0 heterocycles. The first-order valence-electron chi connectivity index (χ1n) is 6.62. The van der Waals surface area contributed by atoms with Gasteiger partial charge in [-0.15, -0.1) is 0 Å². The summed E-state index contributed by atoms with van der Waals surface area (Å²) in [5.74, 6) is -2.39. The summed E-state index contributed by atoms with van der Waals surface area (Å²) in [5.41, 5.74) is 16.7. The molecule has 0 saturated carbocycles. The Hall–Kier alpha value is 0.160. The van der Waals surface area contributed by atoms with Crippen LogP contribution in [0.15, 0.2) is 0 Å². The van der Waals surface area contributed by atoms with Gasteiger partial charge in [-0.1, -0.05) is 29.5 Å². The van der Waals surface area contributed by atoms with Crippen LogP contribution in [0.1, 0.15) is 13.3 Å². The Morgan fingerprint density at radius 2 is 1.55 bits per heavy atom. The molecule has 7 nitrogen and oxygen atoms in total. The largest absolute Gasteiger partial charge is 0.379 e. The first kappa shape index (κ1) is 20.2. The van der Waals surface area contributed by atoms with Crippen molar-refractivity contribution in [2.24, 2.45) is 23.1 Å². The van der Waals surface area contributed by atoms with Crippen LogP contribution in [0.4, 0.5) is 0 Å². The van der Waals surface area contributed by atoms with Crippen molar-refractivity contribution in [2.75, 3.05) is 44.1 Å². The molecule has 0 bridgehead atoms. The number of hydrogen-bond donors (Lipinski definition) is 3. The number of nitrogens with two attached hydrogens (primary N) is 3. The van der Waals surface area contributed by atoms with Gasteiger partial charge >= 0.3 is 0 Å². The normalized spacial score (nSPS) is 13.4. The second-order valence-electron chi connectivity index (χ2n) is 4.45. The standard InChI is InChI=1S/C12H26IN3O4/c1-2-3-18-4-5-19-6-7-20-9-10(11(17)8-13)12(14,15)16/h10H,2-9,14-16H2,1H3. The molecule has 0 rings (SSSR count). The molecule has 0 aromatic rings. The van der Waals surface area contributed by atoms with Gasteiger partial charge in [-0.3, -0.25) is 4.79 Å². The van der Waals surface area contributed by atoms with Crippen molar-refractivity contribution >= 4 is 28.4 Å². The SMILES string of the molecule is CCCOCCOCCOCC(C(=O)CI)C(N)(N)N. The minimum atomic E-state index is -1.56. The van der Waals surface area contributed by atoms with Crippen LogP contribution < -0.4 is 17.2 Å². The summed E-state index contributed by atoms with van der Waals surface area (Å²) < 4.78 is 16.2. The monoisotopic (exact) mass is 403 g/mol. The topological polar surface area (TPSA) is 123 Å². The third-order valence-corrected chi connectivity index (χ3v) is 3.25. The summed E-state index contributed by atoms with van der Waals surface area (Å²) >= 11 is 1.95. The average molecular weight is 403 g/mol. The Bertz CT molecular complexity index is 262. The molecule has 20 heavy (non-hydrogen) atoms. The highest BCUT2D eigenvalue weighted by Gasteiger charge is 2.32. The molecule has 6 N–H and O–H groups in total. The molecule has 0 aliphatic rings. The van der Waals surface area contributed by atoms with E-state index in [9.17, 15) is 4.79 Å². The van der Waals surface area contributed by atoms with Gasteiger partial charge in [0.1, 0.15) is 5.79 Å². The second-order valence-corrected chi connectivity index (χ2v) is 5.21. The van der Waals surface area contributed by atoms with Gasteiger partial charge in [0.25, 0.3) is 0 Å². The highest BCUT2D eigenvalue weighted by molar-refractivity contribution is 14.1. The molecule has 0 aliphatic heterocycles. The molecule has 0 aromatic heterocycles. The smallest absolute Gasteiger partial charge is 0.152 e. The fraction of sp³-hybridized carbons (Fsp3) is 0.917. The highest BCUT2D eigenvalue weighted by atomic mass is 127. The summed E-state index contributed by atoms with van der Waals surface area (Å²) in [7, 11) is 0. The maximum absolute atomic E-state index is 11.6. The molecule has 0 saturated heterocycles. The first-order valence-corrected chi connectivity index (χ1v) is 8.14. The van der Waals surface area contributed by atoms with E-state index in [-0.39, 0.29) is 12.4 Å². The van der Waals surface area contributed by atoms with Crippen LogP contribution >= 0.6 is 22.6 Å². The Labute approximate surface area is 134 Å². The lowest BCUT2D eigenvalue weighted by molar-refractivity contribution is -0.124. The van der Waals surface area contributed by atoms with Gasteiger partial charge in [-0.25, -0.2) is 0 Å². The number of rotatable bonds is 13. The van der Waals surface area contributed by atoms with E-state index in [4.69, 9.17) is 31.4 Å². The first-order chi connectivity index (χ1) is 9.43. The van der Waals surface area contributed by atoms with Gasteiger partial charge in [0.05, 0.1) is 43.4 Å². The molecule has 0 aromatic carbocycles. The van der Waals surface area contributed by atoms with E-state index in [1.165, 1.54) is 0 Å². The lowest BCUT2D eigenvalue weighted by Crippen LogP contribution is -2.66. The molecule has 0 fully saturated rings. The van der Waals surface area contributed by atoms with Crippen molar-refractivity contribution < 1.29 is 19.0 Å². The van der Waals surface area contributed by atoms with E-state index in [2.05, 4.69) is 6.92 Å². The number of ether oxygens (including phenoxy) is 3. The van der Waals surface area contributed by atoms with E-state index in [0.717, 1.165) is 13.0 Å². The van der Waals surface area contributed by atoms with E-state index >= 15 is 0 Å². The lowest BCUT2D eigenvalue weighted by Gasteiger charge is -2.28. The molecule has 0 spiro atoms. The fourth-order valence-corrected chi connectivity index (χ4v) is 1.93. The Balaban J connectivity index is 3.67. The van der Waals surface area contributed by atoms with Crippen LogP contribution in [-0.2, 0) is 19.0 Å². The maximum Gasteiger partial charge on any atom is 0.152 e. The molecule has 0 amide bonds. The van der Waals surface area contributed by atoms with Crippen LogP contribution in [0.2, 0.25) is 0 Å². The minimum Gasteiger partial charge on any atom is -0.379 e. The fourth-order valence-electron chi connectivity index (χ4n) is 1.39. The molecule has 1 unspecified atom stereocenters. The molecule has 0 radical (unpaired) electrons. The zero-order chi connectivity index (χ0) is 15.4. The second kappa shape index (κ2) is 11.8. The number of carbonyl (C=O) groups excluding carboxylic acids is 1. The van der Waals surface area contributed by atoms with Gasteiger partial charge in [0.2, 0.25) is 0 Å². The van der Waals surface area contributed by atoms with Crippen molar-refractivity contribution in [3.63, 3.8) is 0 Å². The Morgan fingerprint density at radius 1 is 1.05 bits per heavy atom. The maximum atomic E-state index is 11.6. The van der Waals surface area contributed by atoms with E-state index in [1.54, 1.807) is 0 Å². The van der Waals surface area contributed by atoms with Crippen molar-refractivity contribution in [3.8, 4) is 0 Å². The number of Topliss-reactive ketones (excluding diaryl/α,β-unsaturated/α-hetero) is 1. The summed E-state index contributed by atoms with van der Waals surface area (Å²) in [4.78, 5) is 11.6. The van der Waals surface area contributed by atoms with Gasteiger partial charge in [-0.05, 0) is 6.42 Å². The molecule has 1 atom stereocenters. The summed E-state index contributed by atoms with van der Waals surface area (Å²) in [5, 5.41) is 0. The van der Waals surface area contributed by atoms with Gasteiger partial charge in [0.15, 0.2) is 5.78 Å². The quantitative estimate of drug-likeness (QED) is 0.165. The third-order valence-electron chi connectivity index (χ3n) is 2.50. The van der Waals surface area contributed by atoms with Crippen LogP contribution in [-0.4, -0.2) is 55.6 Å². The van der Waals surface area contributed by atoms with Crippen LogP contribution in [0.5, 0.6) is 0 Å². The Morgan fingerprint density at radius 3 is 2.00 bits per heavy atom. The van der Waals surface area contributed by atoms with Crippen LogP contribution in [0.3, 0.4) is 0 Å².